The van der Waals surface area contributed by atoms with Crippen LogP contribution in [0.1, 0.15) is 6.42 Å². The van der Waals surface area contributed by atoms with E-state index in [1.54, 1.807) is 7.11 Å². The molecule has 0 aliphatic rings. The van der Waals surface area contributed by atoms with Gasteiger partial charge in [0.25, 0.3) is 0 Å². The average Bonchev–Trinajstić information content (AvgIpc) is 2.04. The van der Waals surface area contributed by atoms with Gasteiger partial charge in [0.05, 0.1) is 0 Å². The van der Waals surface area contributed by atoms with Crippen molar-refractivity contribution < 1.29 is 36.0 Å². The van der Waals surface area contributed by atoms with Crippen molar-refractivity contribution in [3.63, 3.8) is 0 Å². The van der Waals surface area contributed by atoms with Crippen molar-refractivity contribution in [2.75, 3.05) is 13.7 Å². The molecule has 0 fully saturated rings. The third-order valence-electron chi connectivity index (χ3n) is 0.979. The number of hydrogen-bond donors (Lipinski definition) is 0. The van der Waals surface area contributed by atoms with Crippen LogP contribution in [0.25, 0.3) is 0 Å². The topological polar surface area (TPSA) is 35.5 Å². The maximum atomic E-state index is 10.5. The molecular formula is C7H12O3Zr. The standard InChI is InChI=1S/C6H9O2.CH3O.Zr/c1-3-5-8-6(7)4-2;1-2;/h4H,1-3,5H2;1H3;/q;-1;+1. The van der Waals surface area contributed by atoms with Crippen molar-refractivity contribution in [2.45, 2.75) is 10.5 Å². The Morgan fingerprint density at radius 2 is 2.45 bits per heavy atom. The number of esters is 1. The Bertz CT molecular complexity index is 125. The quantitative estimate of drug-likeness (QED) is 0.394. The van der Waals surface area contributed by atoms with Crippen LogP contribution in [0.5, 0.6) is 0 Å². The Morgan fingerprint density at radius 1 is 1.73 bits per heavy atom. The second-order valence-corrected chi connectivity index (χ2v) is 4.77. The first-order valence-electron chi connectivity index (χ1n) is 3.36. The summed E-state index contributed by atoms with van der Waals surface area (Å²) in [6, 6.07) is 0. The number of ether oxygens (including phenoxy) is 1. The molecule has 4 heteroatoms. The molecule has 0 heterocycles. The fourth-order valence-electron chi connectivity index (χ4n) is 0.478. The van der Waals surface area contributed by atoms with Crippen LogP contribution in [0, 0.1) is 0 Å². The van der Waals surface area contributed by atoms with Gasteiger partial charge in [-0.25, -0.2) is 0 Å². The van der Waals surface area contributed by atoms with Gasteiger partial charge in [0, 0.05) is 0 Å². The zero-order valence-electron chi connectivity index (χ0n) is 6.63. The van der Waals surface area contributed by atoms with E-state index in [2.05, 4.69) is 6.58 Å². The third-order valence-corrected chi connectivity index (χ3v) is 3.06. The molecule has 0 aromatic heterocycles. The van der Waals surface area contributed by atoms with Crippen LogP contribution in [0.15, 0.2) is 12.7 Å². The first kappa shape index (κ1) is 11.1. The molecule has 62 valence electrons. The minimum absolute atomic E-state index is 0.340. The Balaban J connectivity index is 3.01. The molecule has 0 aromatic rings. The second kappa shape index (κ2) is 8.15. The monoisotopic (exact) mass is 234 g/mol. The molecule has 0 radical (unpaired) electrons. The molecule has 0 rings (SSSR count). The van der Waals surface area contributed by atoms with Gasteiger partial charge >= 0.3 is 78.9 Å². The first-order chi connectivity index (χ1) is 5.31. The summed E-state index contributed by atoms with van der Waals surface area (Å²) in [7, 11) is 1.72. The van der Waals surface area contributed by atoms with Crippen molar-refractivity contribution in [3.8, 4) is 0 Å². The SMILES string of the molecule is C=CC(=O)OCC[CH2][Zr][O]C. The summed E-state index contributed by atoms with van der Waals surface area (Å²) in [5.41, 5.74) is 0. The molecule has 0 N–H and O–H groups in total. The van der Waals surface area contributed by atoms with E-state index in [0.717, 1.165) is 10.5 Å². The molecule has 11 heavy (non-hydrogen) atoms. The summed E-state index contributed by atoms with van der Waals surface area (Å²) < 4.78 is 10.8. The van der Waals surface area contributed by atoms with E-state index in [-0.39, 0.29) is 5.97 Å². The van der Waals surface area contributed by atoms with E-state index >= 15 is 0 Å². The van der Waals surface area contributed by atoms with Gasteiger partial charge in [-0.15, -0.1) is 0 Å². The summed E-state index contributed by atoms with van der Waals surface area (Å²) in [6.45, 7) is 3.78. The molecule has 0 aliphatic carbocycles. The molecule has 3 nitrogen and oxygen atoms in total. The van der Waals surface area contributed by atoms with Crippen LogP contribution >= 0.6 is 0 Å². The van der Waals surface area contributed by atoms with Crippen LogP contribution < -0.4 is 0 Å². The third kappa shape index (κ3) is 7.95. The molecule has 0 bridgehead atoms. The van der Waals surface area contributed by atoms with Gasteiger partial charge in [0.1, 0.15) is 0 Å². The van der Waals surface area contributed by atoms with Crippen LogP contribution in [-0.2, 0) is 36.0 Å². The van der Waals surface area contributed by atoms with Gasteiger partial charge in [-0.3, -0.25) is 0 Å². The van der Waals surface area contributed by atoms with Crippen LogP contribution in [0.3, 0.4) is 0 Å². The van der Waals surface area contributed by atoms with Gasteiger partial charge in [-0.1, -0.05) is 0 Å². The minimum atomic E-state index is -0.584. The average molecular weight is 235 g/mol. The summed E-state index contributed by atoms with van der Waals surface area (Å²) in [5.74, 6) is -0.340. The first-order valence-corrected chi connectivity index (χ1v) is 6.10. The molecule has 0 amide bonds. The van der Waals surface area contributed by atoms with E-state index in [1.807, 2.05) is 0 Å². The molecular weight excluding hydrogens is 223 g/mol. The Labute approximate surface area is 78.9 Å². The predicted octanol–water partition coefficient (Wildman–Crippen LogP) is 1.17. The maximum absolute atomic E-state index is 10.5. The zero-order valence-corrected chi connectivity index (χ0v) is 9.09. The van der Waals surface area contributed by atoms with E-state index in [0.29, 0.717) is 6.61 Å². The van der Waals surface area contributed by atoms with Crippen molar-refractivity contribution in [1.82, 2.24) is 0 Å². The fourth-order valence-corrected chi connectivity index (χ4v) is 1.69. The number of carbonyl (C=O) groups is 1. The number of rotatable bonds is 6. The van der Waals surface area contributed by atoms with Crippen LogP contribution in [0.4, 0.5) is 0 Å². The molecule has 0 unspecified atom stereocenters. The van der Waals surface area contributed by atoms with E-state index < -0.39 is 23.7 Å². The van der Waals surface area contributed by atoms with Crippen molar-refractivity contribution in [3.05, 3.63) is 12.7 Å². The molecule has 0 saturated heterocycles. The molecule has 0 atom stereocenters. The summed E-state index contributed by atoms with van der Waals surface area (Å²) in [6.07, 6.45) is 2.09. The van der Waals surface area contributed by atoms with Gasteiger partial charge in [0.2, 0.25) is 0 Å². The van der Waals surface area contributed by atoms with Crippen molar-refractivity contribution in [1.29, 1.82) is 0 Å². The molecule has 0 spiro atoms. The molecule has 0 aliphatic heterocycles. The van der Waals surface area contributed by atoms with Crippen molar-refractivity contribution >= 4 is 5.97 Å². The molecule has 0 saturated carbocycles. The summed E-state index contributed by atoms with van der Waals surface area (Å²) >= 11 is -0.584. The second-order valence-electron chi connectivity index (χ2n) is 1.82. The number of hydrogen-bond acceptors (Lipinski definition) is 3. The fraction of sp³-hybridized carbons (Fsp3) is 0.571. The van der Waals surface area contributed by atoms with Gasteiger partial charge in [0.15, 0.2) is 0 Å². The predicted molar refractivity (Wildman–Crippen MR) is 37.6 cm³/mol. The Kier molecular flexibility index (Phi) is 8.19. The van der Waals surface area contributed by atoms with Crippen LogP contribution in [-0.4, -0.2) is 19.7 Å². The van der Waals surface area contributed by atoms with Gasteiger partial charge in [-0.2, -0.15) is 0 Å². The van der Waals surface area contributed by atoms with Gasteiger partial charge < -0.3 is 0 Å². The van der Waals surface area contributed by atoms with Crippen LogP contribution in [0.2, 0.25) is 4.13 Å². The van der Waals surface area contributed by atoms with E-state index in [4.69, 9.17) is 7.55 Å². The summed E-state index contributed by atoms with van der Waals surface area (Å²) in [5, 5.41) is 0. The Hall–Kier alpha value is 0.0531. The van der Waals surface area contributed by atoms with E-state index in [1.165, 1.54) is 6.08 Å². The number of carbonyl (C=O) groups excluding carboxylic acids is 1. The van der Waals surface area contributed by atoms with E-state index in [9.17, 15) is 4.79 Å². The molecule has 0 aromatic carbocycles. The Morgan fingerprint density at radius 3 is 3.00 bits per heavy atom. The zero-order chi connectivity index (χ0) is 8.53. The van der Waals surface area contributed by atoms with Crippen molar-refractivity contribution in [2.24, 2.45) is 0 Å². The normalized spacial score (nSPS) is 8.82. The van der Waals surface area contributed by atoms with Gasteiger partial charge in [-0.05, 0) is 0 Å². The summed E-state index contributed by atoms with van der Waals surface area (Å²) in [4.78, 5) is 10.5.